The number of carboxylic acid groups (broad SMARTS) is 1. The number of aromatic nitrogens is 2. The highest BCUT2D eigenvalue weighted by Gasteiger charge is 2.10. The van der Waals surface area contributed by atoms with Crippen LogP contribution in [0, 0.1) is 0 Å². The fourth-order valence-electron chi connectivity index (χ4n) is 2.24. The summed E-state index contributed by atoms with van der Waals surface area (Å²) in [6.45, 7) is 2.97. The summed E-state index contributed by atoms with van der Waals surface area (Å²) in [6.07, 6.45) is 4.80. The Morgan fingerprint density at radius 3 is 2.76 bits per heavy atom. The summed E-state index contributed by atoms with van der Waals surface area (Å²) < 4.78 is 2.15. The van der Waals surface area contributed by atoms with Crippen LogP contribution in [-0.2, 0) is 24.2 Å². The molecule has 112 valence electrons. The highest BCUT2D eigenvalue weighted by atomic mass is 32.2. The molecule has 0 aliphatic heterocycles. The molecule has 2 aromatic rings. The molecule has 21 heavy (non-hydrogen) atoms. The third-order valence-corrected chi connectivity index (χ3v) is 4.25. The van der Waals surface area contributed by atoms with Crippen molar-refractivity contribution < 1.29 is 9.90 Å². The molecule has 0 saturated heterocycles. The van der Waals surface area contributed by atoms with Crippen molar-refractivity contribution in [1.82, 2.24) is 9.55 Å². The van der Waals surface area contributed by atoms with Gasteiger partial charge >= 0.3 is 5.97 Å². The first-order valence-electron chi connectivity index (χ1n) is 7.13. The van der Waals surface area contributed by atoms with Crippen molar-refractivity contribution in [2.75, 3.05) is 5.75 Å². The number of hydrogen-bond acceptors (Lipinski definition) is 3. The highest BCUT2D eigenvalue weighted by molar-refractivity contribution is 7.99. The van der Waals surface area contributed by atoms with E-state index in [-0.39, 0.29) is 5.75 Å². The minimum absolute atomic E-state index is 0.0544. The zero-order valence-corrected chi connectivity index (χ0v) is 13.0. The first kappa shape index (κ1) is 15.6. The average molecular weight is 304 g/mol. The Balaban J connectivity index is 1.97. The van der Waals surface area contributed by atoms with Crippen LogP contribution in [0.1, 0.15) is 24.6 Å². The molecule has 0 aliphatic rings. The zero-order valence-electron chi connectivity index (χ0n) is 12.2. The van der Waals surface area contributed by atoms with E-state index < -0.39 is 5.97 Å². The molecule has 1 N–H and O–H groups in total. The number of rotatable bonds is 8. The second-order valence-electron chi connectivity index (χ2n) is 4.81. The van der Waals surface area contributed by atoms with E-state index in [9.17, 15) is 4.79 Å². The quantitative estimate of drug-likeness (QED) is 0.761. The SMILES string of the molecule is CCc1cnc(SCC(=O)O)n1CCCc1ccccc1. The number of nitrogens with zero attached hydrogens (tertiary/aromatic N) is 2. The minimum Gasteiger partial charge on any atom is -0.481 e. The lowest BCUT2D eigenvalue weighted by Gasteiger charge is -2.10. The smallest absolute Gasteiger partial charge is 0.313 e. The zero-order chi connectivity index (χ0) is 15.1. The van der Waals surface area contributed by atoms with Gasteiger partial charge in [-0.25, -0.2) is 4.98 Å². The predicted molar refractivity (Wildman–Crippen MR) is 84.7 cm³/mol. The summed E-state index contributed by atoms with van der Waals surface area (Å²) in [6, 6.07) is 10.4. The molecule has 0 spiro atoms. The molecule has 1 aromatic carbocycles. The Kier molecular flexibility index (Phi) is 5.87. The van der Waals surface area contributed by atoms with Crippen molar-refractivity contribution in [2.24, 2.45) is 0 Å². The molecule has 1 heterocycles. The van der Waals surface area contributed by atoms with Crippen LogP contribution < -0.4 is 0 Å². The molecule has 0 fully saturated rings. The molecule has 4 nitrogen and oxygen atoms in total. The van der Waals surface area contributed by atoms with Gasteiger partial charge in [-0.3, -0.25) is 4.79 Å². The molecular weight excluding hydrogens is 284 g/mol. The first-order valence-corrected chi connectivity index (χ1v) is 8.12. The molecule has 5 heteroatoms. The Bertz CT molecular complexity index is 581. The predicted octanol–water partition coefficient (Wildman–Crippen LogP) is 3.26. The molecule has 0 unspecified atom stereocenters. The number of carboxylic acids is 1. The van der Waals surface area contributed by atoms with E-state index in [0.717, 1.165) is 36.7 Å². The number of aliphatic carboxylic acids is 1. The van der Waals surface area contributed by atoms with Crippen LogP contribution >= 0.6 is 11.8 Å². The van der Waals surface area contributed by atoms with E-state index in [1.165, 1.54) is 17.3 Å². The lowest BCUT2D eigenvalue weighted by Crippen LogP contribution is -2.07. The monoisotopic (exact) mass is 304 g/mol. The summed E-state index contributed by atoms with van der Waals surface area (Å²) in [7, 11) is 0. The Hall–Kier alpha value is -1.75. The van der Waals surface area contributed by atoms with Gasteiger partial charge in [0.15, 0.2) is 5.16 Å². The Labute approximate surface area is 129 Å². The van der Waals surface area contributed by atoms with Crippen LogP contribution in [-0.4, -0.2) is 26.4 Å². The molecule has 0 amide bonds. The molecule has 0 atom stereocenters. The maximum atomic E-state index is 10.7. The van der Waals surface area contributed by atoms with Crippen molar-refractivity contribution in [3.05, 3.63) is 47.8 Å². The lowest BCUT2D eigenvalue weighted by atomic mass is 10.1. The molecule has 0 radical (unpaired) electrons. The topological polar surface area (TPSA) is 55.1 Å². The Morgan fingerprint density at radius 2 is 2.10 bits per heavy atom. The van der Waals surface area contributed by atoms with E-state index in [1.54, 1.807) is 0 Å². The van der Waals surface area contributed by atoms with Crippen molar-refractivity contribution in [1.29, 1.82) is 0 Å². The number of hydrogen-bond donors (Lipinski definition) is 1. The van der Waals surface area contributed by atoms with E-state index in [0.29, 0.717) is 0 Å². The number of carbonyl (C=O) groups is 1. The fraction of sp³-hybridized carbons (Fsp3) is 0.375. The summed E-state index contributed by atoms with van der Waals surface area (Å²) in [5.41, 5.74) is 2.49. The van der Waals surface area contributed by atoms with Crippen LogP contribution in [0.25, 0.3) is 0 Å². The van der Waals surface area contributed by atoms with Crippen molar-refractivity contribution >= 4 is 17.7 Å². The molecular formula is C16H20N2O2S. The maximum absolute atomic E-state index is 10.7. The van der Waals surface area contributed by atoms with Gasteiger partial charge in [0.05, 0.1) is 5.75 Å². The largest absolute Gasteiger partial charge is 0.481 e. The van der Waals surface area contributed by atoms with Crippen LogP contribution in [0.3, 0.4) is 0 Å². The van der Waals surface area contributed by atoms with Gasteiger partial charge in [-0.2, -0.15) is 0 Å². The van der Waals surface area contributed by atoms with Gasteiger partial charge in [0.25, 0.3) is 0 Å². The first-order chi connectivity index (χ1) is 10.2. The normalized spacial score (nSPS) is 10.7. The number of imidazole rings is 1. The molecule has 0 bridgehead atoms. The number of aryl methyl sites for hydroxylation is 2. The van der Waals surface area contributed by atoms with Crippen molar-refractivity contribution in [3.8, 4) is 0 Å². The van der Waals surface area contributed by atoms with E-state index in [4.69, 9.17) is 5.11 Å². The van der Waals surface area contributed by atoms with Gasteiger partial charge in [-0.15, -0.1) is 0 Å². The third kappa shape index (κ3) is 4.63. The second kappa shape index (κ2) is 7.88. The van der Waals surface area contributed by atoms with E-state index in [1.807, 2.05) is 12.3 Å². The van der Waals surface area contributed by atoms with Crippen LogP contribution in [0.15, 0.2) is 41.7 Å². The number of benzene rings is 1. The van der Waals surface area contributed by atoms with Gasteiger partial charge in [0, 0.05) is 18.4 Å². The summed E-state index contributed by atoms with van der Waals surface area (Å²) in [4.78, 5) is 15.0. The molecule has 2 rings (SSSR count). The van der Waals surface area contributed by atoms with Gasteiger partial charge in [-0.1, -0.05) is 49.0 Å². The van der Waals surface area contributed by atoms with Crippen LogP contribution in [0.4, 0.5) is 0 Å². The molecule has 1 aromatic heterocycles. The standard InChI is InChI=1S/C16H20N2O2S/c1-2-14-11-17-16(21-12-15(19)20)18(14)10-6-9-13-7-4-3-5-8-13/h3-5,7-8,11H,2,6,9-10,12H2,1H3,(H,19,20). The van der Waals surface area contributed by atoms with Crippen LogP contribution in [0.5, 0.6) is 0 Å². The van der Waals surface area contributed by atoms with Gasteiger partial charge < -0.3 is 9.67 Å². The average Bonchev–Trinajstić information content (AvgIpc) is 2.88. The molecule has 0 aliphatic carbocycles. The van der Waals surface area contributed by atoms with Crippen LogP contribution in [0.2, 0.25) is 0 Å². The minimum atomic E-state index is -0.808. The van der Waals surface area contributed by atoms with Gasteiger partial charge in [0.1, 0.15) is 0 Å². The fourth-order valence-corrected chi connectivity index (χ4v) is 2.99. The lowest BCUT2D eigenvalue weighted by molar-refractivity contribution is -0.133. The second-order valence-corrected chi connectivity index (χ2v) is 5.75. The van der Waals surface area contributed by atoms with Gasteiger partial charge in [-0.05, 0) is 24.8 Å². The van der Waals surface area contributed by atoms with Crippen molar-refractivity contribution in [2.45, 2.75) is 37.9 Å². The van der Waals surface area contributed by atoms with E-state index in [2.05, 4.69) is 40.7 Å². The summed E-state index contributed by atoms with van der Waals surface area (Å²) >= 11 is 1.29. The highest BCUT2D eigenvalue weighted by Crippen LogP contribution is 2.20. The summed E-state index contributed by atoms with van der Waals surface area (Å²) in [5, 5.41) is 9.60. The Morgan fingerprint density at radius 1 is 1.33 bits per heavy atom. The maximum Gasteiger partial charge on any atom is 0.313 e. The number of thioether (sulfide) groups is 1. The van der Waals surface area contributed by atoms with Gasteiger partial charge in [0.2, 0.25) is 0 Å². The molecule has 0 saturated carbocycles. The third-order valence-electron chi connectivity index (χ3n) is 3.28. The van der Waals surface area contributed by atoms with E-state index >= 15 is 0 Å². The van der Waals surface area contributed by atoms with Crippen molar-refractivity contribution in [3.63, 3.8) is 0 Å². The summed E-state index contributed by atoms with van der Waals surface area (Å²) in [5.74, 6) is -0.754.